The molecule has 38 heavy (non-hydrogen) atoms. The molecular weight excluding hydrogens is 497 g/mol. The number of amides is 3. The van der Waals surface area contributed by atoms with E-state index in [1.54, 1.807) is 0 Å². The second-order valence-corrected chi connectivity index (χ2v) is 10.00. The summed E-state index contributed by atoms with van der Waals surface area (Å²) in [6, 6.07) is 13.9. The minimum Gasteiger partial charge on any atom is -0.352 e. The summed E-state index contributed by atoms with van der Waals surface area (Å²) in [5.41, 5.74) is -0.100. The number of carbonyl (C=O) groups excluding carboxylic acids is 3. The highest BCUT2D eigenvalue weighted by atomic mass is 19.4. The van der Waals surface area contributed by atoms with Crippen LogP contribution in [0, 0.1) is 0 Å². The summed E-state index contributed by atoms with van der Waals surface area (Å²) in [5.74, 6) is -1.13. The molecule has 3 amide bonds. The second kappa shape index (κ2) is 12.4. The summed E-state index contributed by atoms with van der Waals surface area (Å²) in [5, 5.41) is 8.54. The Morgan fingerprint density at radius 2 is 1.66 bits per heavy atom. The third-order valence-electron chi connectivity index (χ3n) is 7.20. The van der Waals surface area contributed by atoms with Crippen LogP contribution in [0.5, 0.6) is 0 Å². The zero-order valence-electron chi connectivity index (χ0n) is 21.1. The maximum Gasteiger partial charge on any atom is 0.416 e. The van der Waals surface area contributed by atoms with E-state index >= 15 is 0 Å². The first kappa shape index (κ1) is 27.6. The van der Waals surface area contributed by atoms with Gasteiger partial charge < -0.3 is 16.0 Å². The van der Waals surface area contributed by atoms with E-state index in [0.29, 0.717) is 13.0 Å². The largest absolute Gasteiger partial charge is 0.416 e. The van der Waals surface area contributed by atoms with Crippen molar-refractivity contribution in [3.63, 3.8) is 0 Å². The molecule has 3 N–H and O–H groups in total. The highest BCUT2D eigenvalue weighted by molar-refractivity contribution is 5.96. The molecule has 0 radical (unpaired) electrons. The molecule has 1 saturated carbocycles. The molecule has 3 atom stereocenters. The molecule has 1 aliphatic heterocycles. The van der Waals surface area contributed by atoms with Crippen LogP contribution in [0.3, 0.4) is 0 Å². The lowest BCUT2D eigenvalue weighted by Crippen LogP contribution is -2.53. The quantitative estimate of drug-likeness (QED) is 0.489. The number of nitrogens with zero attached hydrogens (tertiary/aromatic N) is 1. The molecule has 0 aromatic heterocycles. The van der Waals surface area contributed by atoms with Gasteiger partial charge in [-0.25, -0.2) is 0 Å². The molecule has 2 fully saturated rings. The molecule has 2 aliphatic rings. The number of hydrogen-bond acceptors (Lipinski definition) is 4. The number of carbonyl (C=O) groups is 3. The normalized spacial score (nSPS) is 22.0. The first-order valence-electron chi connectivity index (χ1n) is 13.0. The Kier molecular flexibility index (Phi) is 9.04. The van der Waals surface area contributed by atoms with Crippen LogP contribution < -0.4 is 16.0 Å². The predicted octanol–water partition coefficient (Wildman–Crippen LogP) is 3.30. The van der Waals surface area contributed by atoms with Crippen molar-refractivity contribution in [2.45, 2.75) is 62.8 Å². The number of likely N-dealkylation sites (tertiary alicyclic amines) is 1. The van der Waals surface area contributed by atoms with E-state index in [-0.39, 0.29) is 36.1 Å². The van der Waals surface area contributed by atoms with Gasteiger partial charge in [0.05, 0.1) is 18.5 Å². The van der Waals surface area contributed by atoms with E-state index in [1.807, 2.05) is 30.3 Å². The average molecular weight is 531 g/mol. The second-order valence-electron chi connectivity index (χ2n) is 10.00. The zero-order chi connectivity index (χ0) is 27.1. The van der Waals surface area contributed by atoms with Crippen LogP contribution in [0.4, 0.5) is 13.2 Å². The molecule has 0 unspecified atom stereocenters. The lowest BCUT2D eigenvalue weighted by molar-refractivity contribution is -0.137. The Hall–Kier alpha value is -3.40. The highest BCUT2D eigenvalue weighted by Crippen LogP contribution is 2.29. The number of hydrogen-bond donors (Lipinski definition) is 3. The topological polar surface area (TPSA) is 90.5 Å². The Labute approximate surface area is 220 Å². The third kappa shape index (κ3) is 7.56. The number of nitrogens with one attached hydrogen (secondary N) is 3. The summed E-state index contributed by atoms with van der Waals surface area (Å²) < 4.78 is 38.7. The molecule has 4 rings (SSSR count). The Morgan fingerprint density at radius 1 is 0.895 bits per heavy atom. The molecule has 0 spiro atoms. The van der Waals surface area contributed by atoms with E-state index < -0.39 is 23.6 Å². The Bertz CT molecular complexity index is 1130. The fourth-order valence-corrected chi connectivity index (χ4v) is 5.34. The van der Waals surface area contributed by atoms with Gasteiger partial charge >= 0.3 is 6.18 Å². The van der Waals surface area contributed by atoms with Crippen LogP contribution in [-0.2, 0) is 22.2 Å². The van der Waals surface area contributed by atoms with Crippen LogP contribution in [0.25, 0.3) is 0 Å². The van der Waals surface area contributed by atoms with Crippen LogP contribution in [0.2, 0.25) is 0 Å². The van der Waals surface area contributed by atoms with Crippen LogP contribution >= 0.6 is 0 Å². The van der Waals surface area contributed by atoms with Gasteiger partial charge in [0.25, 0.3) is 5.91 Å². The molecule has 2 aromatic rings. The molecule has 0 bridgehead atoms. The van der Waals surface area contributed by atoms with Crippen LogP contribution in [0.1, 0.15) is 53.6 Å². The summed E-state index contributed by atoms with van der Waals surface area (Å²) in [7, 11) is 0. The molecule has 1 aliphatic carbocycles. The monoisotopic (exact) mass is 530 g/mol. The standard InChI is InChI=1S/C28H33F3N4O3/c29-28(30,31)21-10-6-9-20(16-21)27(38)32-17-26(37)33-22-13-14-35(18-22)24-12-5-4-11-23(24)34-25(36)15-19-7-2-1-3-8-19/h1-3,6-10,16,22-24H,4-5,11-15,17-18H2,(H,32,38)(H,33,37)(H,34,36)/t22-,23-,24+/m1/s1. The first-order valence-corrected chi connectivity index (χ1v) is 13.0. The van der Waals surface area contributed by atoms with Crippen molar-refractivity contribution in [1.82, 2.24) is 20.9 Å². The molecule has 1 saturated heterocycles. The fraction of sp³-hybridized carbons (Fsp3) is 0.464. The zero-order valence-corrected chi connectivity index (χ0v) is 21.1. The van der Waals surface area contributed by atoms with Crippen LogP contribution in [0.15, 0.2) is 54.6 Å². The summed E-state index contributed by atoms with van der Waals surface area (Å²) >= 11 is 0. The lowest BCUT2D eigenvalue weighted by atomic mass is 9.89. The van der Waals surface area contributed by atoms with Gasteiger partial charge in [-0.1, -0.05) is 49.2 Å². The van der Waals surface area contributed by atoms with Crippen molar-refractivity contribution in [2.75, 3.05) is 19.6 Å². The maximum absolute atomic E-state index is 12.9. The number of rotatable bonds is 8. The number of halogens is 3. The van der Waals surface area contributed by atoms with Gasteiger partial charge in [0, 0.05) is 36.8 Å². The van der Waals surface area contributed by atoms with Crippen molar-refractivity contribution < 1.29 is 27.6 Å². The minimum atomic E-state index is -4.55. The molecule has 7 nitrogen and oxygen atoms in total. The Balaban J connectivity index is 1.24. The van der Waals surface area contributed by atoms with Gasteiger partial charge in [-0.15, -0.1) is 0 Å². The molecule has 10 heteroatoms. The van der Waals surface area contributed by atoms with Gasteiger partial charge in [0.2, 0.25) is 11.8 Å². The molecule has 1 heterocycles. The van der Waals surface area contributed by atoms with E-state index in [9.17, 15) is 27.6 Å². The lowest BCUT2D eigenvalue weighted by Gasteiger charge is -2.38. The predicted molar refractivity (Wildman–Crippen MR) is 136 cm³/mol. The molecule has 204 valence electrons. The van der Waals surface area contributed by atoms with Gasteiger partial charge in [-0.2, -0.15) is 13.2 Å². The number of alkyl halides is 3. The van der Waals surface area contributed by atoms with Gasteiger partial charge in [-0.3, -0.25) is 19.3 Å². The van der Waals surface area contributed by atoms with Crippen LogP contribution in [-0.4, -0.2) is 60.4 Å². The van der Waals surface area contributed by atoms with Crippen molar-refractivity contribution in [1.29, 1.82) is 0 Å². The van der Waals surface area contributed by atoms with Crippen molar-refractivity contribution in [3.05, 3.63) is 71.3 Å². The van der Waals surface area contributed by atoms with E-state index in [1.165, 1.54) is 6.07 Å². The fourth-order valence-electron chi connectivity index (χ4n) is 5.34. The SMILES string of the molecule is O=C(CNC(=O)c1cccc(C(F)(F)F)c1)N[C@@H]1CCN([C@H]2CCCC[C@H]2NC(=O)Cc2ccccc2)C1. The van der Waals surface area contributed by atoms with E-state index in [4.69, 9.17) is 0 Å². The van der Waals surface area contributed by atoms with Gasteiger partial charge in [0.1, 0.15) is 0 Å². The average Bonchev–Trinajstić information content (AvgIpc) is 3.36. The van der Waals surface area contributed by atoms with Crippen molar-refractivity contribution >= 4 is 17.7 Å². The first-order chi connectivity index (χ1) is 18.2. The van der Waals surface area contributed by atoms with E-state index in [2.05, 4.69) is 20.9 Å². The van der Waals surface area contributed by atoms with E-state index in [0.717, 1.165) is 62.4 Å². The van der Waals surface area contributed by atoms with Gasteiger partial charge in [-0.05, 0) is 43.0 Å². The summed E-state index contributed by atoms with van der Waals surface area (Å²) in [4.78, 5) is 39.7. The maximum atomic E-state index is 12.9. The Morgan fingerprint density at radius 3 is 2.42 bits per heavy atom. The molecule has 2 aromatic carbocycles. The smallest absolute Gasteiger partial charge is 0.352 e. The molecular formula is C28H33F3N4O3. The van der Waals surface area contributed by atoms with Gasteiger partial charge in [0.15, 0.2) is 0 Å². The van der Waals surface area contributed by atoms with Crippen molar-refractivity contribution in [2.24, 2.45) is 0 Å². The third-order valence-corrected chi connectivity index (χ3v) is 7.20. The highest BCUT2D eigenvalue weighted by Gasteiger charge is 2.36. The van der Waals surface area contributed by atoms with Crippen molar-refractivity contribution in [3.8, 4) is 0 Å². The summed E-state index contributed by atoms with van der Waals surface area (Å²) in [6.45, 7) is 1.10. The minimum absolute atomic E-state index is 0.00802. The number of benzene rings is 2. The summed E-state index contributed by atoms with van der Waals surface area (Å²) in [6.07, 6.45) is 0.578.